The van der Waals surface area contributed by atoms with E-state index in [1.807, 2.05) is 74.5 Å². The molecule has 3 heterocycles. The molecular formula is C24H21N7O2. The van der Waals surface area contributed by atoms with Gasteiger partial charge in [-0.2, -0.15) is 10.1 Å². The summed E-state index contributed by atoms with van der Waals surface area (Å²) in [5, 5.41) is 14.3. The molecule has 5 rings (SSSR count). The van der Waals surface area contributed by atoms with Crippen LogP contribution in [0.15, 0.2) is 71.5 Å². The third-order valence-electron chi connectivity index (χ3n) is 5.32. The van der Waals surface area contributed by atoms with Crippen LogP contribution in [-0.4, -0.2) is 36.2 Å². The van der Waals surface area contributed by atoms with Gasteiger partial charge in [0.25, 0.3) is 5.91 Å². The number of aromatic nitrogens is 6. The molecule has 0 aliphatic heterocycles. The first-order chi connectivity index (χ1) is 16.1. The summed E-state index contributed by atoms with van der Waals surface area (Å²) in [6, 6.07) is 18.7. The van der Waals surface area contributed by atoms with Crippen LogP contribution in [0.2, 0.25) is 0 Å². The van der Waals surface area contributed by atoms with Crippen molar-refractivity contribution in [2.75, 3.05) is 0 Å². The Morgan fingerprint density at radius 1 is 1.03 bits per heavy atom. The number of nitrogens with zero attached hydrogens (tertiary/aromatic N) is 5. The van der Waals surface area contributed by atoms with Gasteiger partial charge in [-0.15, -0.1) is 0 Å². The second-order valence-electron chi connectivity index (χ2n) is 7.92. The Kier molecular flexibility index (Phi) is 5.35. The van der Waals surface area contributed by atoms with Crippen LogP contribution in [0.5, 0.6) is 0 Å². The number of hydrogen-bond acceptors (Lipinski definition) is 7. The summed E-state index contributed by atoms with van der Waals surface area (Å²) in [4.78, 5) is 26.7. The number of para-hydroxylation sites is 1. The highest BCUT2D eigenvalue weighted by molar-refractivity contribution is 6.07. The van der Waals surface area contributed by atoms with E-state index in [-0.39, 0.29) is 17.6 Å². The number of benzene rings is 2. The van der Waals surface area contributed by atoms with E-state index in [9.17, 15) is 4.79 Å². The third kappa shape index (κ3) is 4.08. The van der Waals surface area contributed by atoms with Crippen molar-refractivity contribution in [2.45, 2.75) is 19.9 Å². The van der Waals surface area contributed by atoms with Crippen molar-refractivity contribution < 1.29 is 9.32 Å². The van der Waals surface area contributed by atoms with E-state index in [0.29, 0.717) is 17.3 Å². The molecule has 0 saturated carbocycles. The maximum absolute atomic E-state index is 13.5. The van der Waals surface area contributed by atoms with E-state index < -0.39 is 6.04 Å². The Hall–Kier alpha value is -4.40. The minimum absolute atomic E-state index is 0.00123. The molecule has 5 aromatic rings. The van der Waals surface area contributed by atoms with Crippen LogP contribution >= 0.6 is 0 Å². The Labute approximate surface area is 189 Å². The van der Waals surface area contributed by atoms with Gasteiger partial charge in [0.2, 0.25) is 11.7 Å². The van der Waals surface area contributed by atoms with Crippen LogP contribution in [-0.2, 0) is 0 Å². The van der Waals surface area contributed by atoms with E-state index in [4.69, 9.17) is 9.51 Å². The average Bonchev–Trinajstić information content (AvgIpc) is 3.54. The molecule has 0 spiro atoms. The van der Waals surface area contributed by atoms with Gasteiger partial charge in [-0.3, -0.25) is 9.89 Å². The van der Waals surface area contributed by atoms with E-state index >= 15 is 0 Å². The van der Waals surface area contributed by atoms with Crippen LogP contribution in [0.25, 0.3) is 33.8 Å². The standard InChI is InChI=1S/C24H21N7O2/c1-14(2)20(24-29-22(31-33-24)21-25-13-26-30-21)28-23(32)17-12-19(15-8-4-3-5-9-15)27-18-11-7-6-10-16(17)18/h3-14,20H,1-2H3,(H,28,32)(H,25,26,30). The lowest BCUT2D eigenvalue weighted by Crippen LogP contribution is -2.32. The minimum Gasteiger partial charge on any atom is -0.340 e. The molecule has 0 aliphatic carbocycles. The van der Waals surface area contributed by atoms with Gasteiger partial charge in [0.05, 0.1) is 16.8 Å². The molecule has 2 N–H and O–H groups in total. The first-order valence-corrected chi connectivity index (χ1v) is 10.6. The summed E-state index contributed by atoms with van der Waals surface area (Å²) >= 11 is 0. The fraction of sp³-hybridized carbons (Fsp3) is 0.167. The molecule has 9 heteroatoms. The number of fused-ring (bicyclic) bond motifs is 1. The number of rotatable bonds is 6. The zero-order valence-corrected chi connectivity index (χ0v) is 18.1. The smallest absolute Gasteiger partial charge is 0.252 e. The van der Waals surface area contributed by atoms with Crippen LogP contribution in [0.4, 0.5) is 0 Å². The maximum atomic E-state index is 13.5. The molecule has 33 heavy (non-hydrogen) atoms. The molecule has 1 atom stereocenters. The SMILES string of the molecule is CC(C)C(NC(=O)c1cc(-c2ccccc2)nc2ccccc12)c1nc(-c2ncn[nH]2)no1. The summed E-state index contributed by atoms with van der Waals surface area (Å²) in [6.45, 7) is 3.95. The third-order valence-corrected chi connectivity index (χ3v) is 5.32. The molecule has 9 nitrogen and oxygen atoms in total. The lowest BCUT2D eigenvalue weighted by atomic mass is 10.0. The van der Waals surface area contributed by atoms with Gasteiger partial charge in [-0.05, 0) is 18.1 Å². The zero-order chi connectivity index (χ0) is 22.8. The van der Waals surface area contributed by atoms with Gasteiger partial charge in [0.1, 0.15) is 12.4 Å². The second-order valence-corrected chi connectivity index (χ2v) is 7.92. The molecule has 0 radical (unpaired) electrons. The summed E-state index contributed by atoms with van der Waals surface area (Å²) in [7, 11) is 0. The highest BCUT2D eigenvalue weighted by atomic mass is 16.5. The predicted molar refractivity (Wildman–Crippen MR) is 122 cm³/mol. The molecule has 0 fully saturated rings. The van der Waals surface area contributed by atoms with Gasteiger partial charge in [0.15, 0.2) is 5.82 Å². The van der Waals surface area contributed by atoms with Gasteiger partial charge in [0, 0.05) is 10.9 Å². The van der Waals surface area contributed by atoms with Crippen molar-refractivity contribution >= 4 is 16.8 Å². The van der Waals surface area contributed by atoms with Crippen molar-refractivity contribution in [3.8, 4) is 22.9 Å². The molecule has 0 bridgehead atoms. The van der Waals surface area contributed by atoms with E-state index in [1.165, 1.54) is 6.33 Å². The summed E-state index contributed by atoms with van der Waals surface area (Å²) in [6.07, 6.45) is 1.37. The summed E-state index contributed by atoms with van der Waals surface area (Å²) in [5.74, 6) is 0.726. The first-order valence-electron chi connectivity index (χ1n) is 10.6. The molecule has 1 unspecified atom stereocenters. The molecule has 1 amide bonds. The van der Waals surface area contributed by atoms with Crippen molar-refractivity contribution in [1.29, 1.82) is 0 Å². The summed E-state index contributed by atoms with van der Waals surface area (Å²) in [5.41, 5.74) is 2.94. The van der Waals surface area contributed by atoms with Crippen LogP contribution in [0, 0.1) is 5.92 Å². The second kappa shape index (κ2) is 8.62. The van der Waals surface area contributed by atoms with Crippen molar-refractivity contribution in [1.82, 2.24) is 35.6 Å². The Balaban J connectivity index is 1.51. The first kappa shape index (κ1) is 20.5. The largest absolute Gasteiger partial charge is 0.340 e. The van der Waals surface area contributed by atoms with Gasteiger partial charge < -0.3 is 9.84 Å². The highest BCUT2D eigenvalue weighted by Gasteiger charge is 2.27. The van der Waals surface area contributed by atoms with Crippen LogP contribution in [0.1, 0.15) is 36.1 Å². The monoisotopic (exact) mass is 439 g/mol. The van der Waals surface area contributed by atoms with Crippen LogP contribution < -0.4 is 5.32 Å². The topological polar surface area (TPSA) is 122 Å². The number of carbonyl (C=O) groups is 1. The number of nitrogens with one attached hydrogen (secondary N) is 2. The Morgan fingerprint density at radius 3 is 2.58 bits per heavy atom. The number of pyridine rings is 1. The minimum atomic E-state index is -0.492. The molecular weight excluding hydrogens is 418 g/mol. The van der Waals surface area contributed by atoms with Crippen molar-refractivity contribution in [3.05, 3.63) is 78.4 Å². The van der Waals surface area contributed by atoms with Gasteiger partial charge in [-0.25, -0.2) is 9.97 Å². The van der Waals surface area contributed by atoms with Gasteiger partial charge >= 0.3 is 0 Å². The number of hydrogen-bond donors (Lipinski definition) is 2. The van der Waals surface area contributed by atoms with E-state index in [2.05, 4.69) is 30.6 Å². The molecule has 3 aromatic heterocycles. The normalized spacial score (nSPS) is 12.2. The lowest BCUT2D eigenvalue weighted by Gasteiger charge is -2.19. The average molecular weight is 439 g/mol. The fourth-order valence-corrected chi connectivity index (χ4v) is 3.62. The quantitative estimate of drug-likeness (QED) is 0.406. The highest BCUT2D eigenvalue weighted by Crippen LogP contribution is 2.27. The van der Waals surface area contributed by atoms with Crippen LogP contribution in [0.3, 0.4) is 0 Å². The van der Waals surface area contributed by atoms with Crippen molar-refractivity contribution in [2.24, 2.45) is 5.92 Å². The van der Waals surface area contributed by atoms with Crippen molar-refractivity contribution in [3.63, 3.8) is 0 Å². The number of carbonyl (C=O) groups excluding carboxylic acids is 1. The molecule has 0 saturated heterocycles. The predicted octanol–water partition coefficient (Wildman–Crippen LogP) is 4.20. The number of aromatic amines is 1. The fourth-order valence-electron chi connectivity index (χ4n) is 3.62. The van der Waals surface area contributed by atoms with E-state index in [1.54, 1.807) is 0 Å². The molecule has 0 aliphatic rings. The lowest BCUT2D eigenvalue weighted by molar-refractivity contribution is 0.0915. The zero-order valence-electron chi connectivity index (χ0n) is 18.1. The molecule has 2 aromatic carbocycles. The molecule has 164 valence electrons. The Bertz CT molecular complexity index is 1400. The van der Waals surface area contributed by atoms with Gasteiger partial charge in [-0.1, -0.05) is 67.5 Å². The number of amides is 1. The Morgan fingerprint density at radius 2 is 1.82 bits per heavy atom. The summed E-state index contributed by atoms with van der Waals surface area (Å²) < 4.78 is 5.45. The number of H-pyrrole nitrogens is 1. The van der Waals surface area contributed by atoms with E-state index in [0.717, 1.165) is 22.2 Å². The maximum Gasteiger partial charge on any atom is 0.252 e.